The highest BCUT2D eigenvalue weighted by Crippen LogP contribution is 2.27. The normalized spacial score (nSPS) is 20.4. The van der Waals surface area contributed by atoms with E-state index >= 15 is 0 Å². The number of piperidine rings is 1. The van der Waals surface area contributed by atoms with E-state index in [9.17, 15) is 0 Å². The van der Waals surface area contributed by atoms with Crippen molar-refractivity contribution in [2.45, 2.75) is 18.9 Å². The van der Waals surface area contributed by atoms with Gasteiger partial charge in [0.1, 0.15) is 11.9 Å². The molecule has 2 rings (SSSR count). The fraction of sp³-hybridized carbons (Fsp3) is 0.600. The van der Waals surface area contributed by atoms with Gasteiger partial charge in [0.15, 0.2) is 0 Å². The predicted molar refractivity (Wildman–Crippen MR) is 85.1 cm³/mol. The minimum absolute atomic E-state index is 0.239. The number of hydrogen-bond acceptors (Lipinski definition) is 3. The van der Waals surface area contributed by atoms with E-state index in [1.165, 1.54) is 6.42 Å². The summed E-state index contributed by atoms with van der Waals surface area (Å²) in [6.45, 7) is 4.32. The Kier molecular flexibility index (Phi) is 5.97. The van der Waals surface area contributed by atoms with Gasteiger partial charge in [-0.15, -0.1) is 0 Å². The van der Waals surface area contributed by atoms with Crippen LogP contribution in [-0.4, -0.2) is 56.2 Å². The summed E-state index contributed by atoms with van der Waals surface area (Å²) in [5.41, 5.74) is 0. The van der Waals surface area contributed by atoms with Crippen molar-refractivity contribution in [1.29, 1.82) is 0 Å². The van der Waals surface area contributed by atoms with Gasteiger partial charge in [-0.3, -0.25) is 4.90 Å². The summed E-state index contributed by atoms with van der Waals surface area (Å²) >= 11 is 11.9. The smallest absolute Gasteiger partial charge is 0.121 e. The van der Waals surface area contributed by atoms with Crippen LogP contribution in [0.25, 0.3) is 0 Å². The lowest BCUT2D eigenvalue weighted by molar-refractivity contribution is 0.0844. The summed E-state index contributed by atoms with van der Waals surface area (Å²) < 4.78 is 6.03. The lowest BCUT2D eigenvalue weighted by Gasteiger charge is -2.33. The van der Waals surface area contributed by atoms with Gasteiger partial charge < -0.3 is 9.64 Å². The van der Waals surface area contributed by atoms with Crippen LogP contribution in [0.2, 0.25) is 10.0 Å². The molecule has 0 aromatic heterocycles. The van der Waals surface area contributed by atoms with Crippen molar-refractivity contribution in [3.05, 3.63) is 28.2 Å². The molecule has 0 N–H and O–H groups in total. The van der Waals surface area contributed by atoms with Crippen LogP contribution in [0, 0.1) is 0 Å². The Morgan fingerprint density at radius 1 is 1.30 bits per heavy atom. The van der Waals surface area contributed by atoms with Gasteiger partial charge in [-0.2, -0.15) is 0 Å². The van der Waals surface area contributed by atoms with Crippen LogP contribution in [0.4, 0.5) is 0 Å². The number of likely N-dealkylation sites (tertiary alicyclic amines) is 1. The highest BCUT2D eigenvalue weighted by atomic mass is 35.5. The molecule has 1 aliphatic rings. The lowest BCUT2D eigenvalue weighted by Crippen LogP contribution is -2.43. The molecule has 0 radical (unpaired) electrons. The van der Waals surface area contributed by atoms with Crippen LogP contribution < -0.4 is 4.74 Å². The van der Waals surface area contributed by atoms with Gasteiger partial charge in [-0.25, -0.2) is 0 Å². The largest absolute Gasteiger partial charge is 0.489 e. The molecule has 5 heteroatoms. The second-order valence-corrected chi connectivity index (χ2v) is 6.38. The topological polar surface area (TPSA) is 15.7 Å². The molecule has 3 nitrogen and oxygen atoms in total. The van der Waals surface area contributed by atoms with Crippen LogP contribution in [-0.2, 0) is 0 Å². The molecule has 0 bridgehead atoms. The van der Waals surface area contributed by atoms with Crippen molar-refractivity contribution in [1.82, 2.24) is 9.80 Å². The van der Waals surface area contributed by atoms with E-state index in [0.717, 1.165) is 38.3 Å². The Labute approximate surface area is 131 Å². The van der Waals surface area contributed by atoms with Crippen LogP contribution in [0.15, 0.2) is 18.2 Å². The molecule has 1 unspecified atom stereocenters. The highest BCUT2D eigenvalue weighted by Gasteiger charge is 2.21. The van der Waals surface area contributed by atoms with E-state index in [4.69, 9.17) is 27.9 Å². The number of nitrogens with zero attached hydrogens (tertiary/aromatic N) is 2. The maximum atomic E-state index is 6.03. The first kappa shape index (κ1) is 15.9. The molecule has 0 saturated carbocycles. The number of rotatable bonds is 5. The van der Waals surface area contributed by atoms with Crippen molar-refractivity contribution in [2.24, 2.45) is 0 Å². The van der Waals surface area contributed by atoms with Gasteiger partial charge in [-0.1, -0.05) is 23.2 Å². The maximum Gasteiger partial charge on any atom is 0.121 e. The van der Waals surface area contributed by atoms with Gasteiger partial charge in [0, 0.05) is 25.7 Å². The summed E-state index contributed by atoms with van der Waals surface area (Å²) in [6.07, 6.45) is 2.51. The average molecular weight is 317 g/mol. The van der Waals surface area contributed by atoms with Crippen LogP contribution >= 0.6 is 23.2 Å². The Morgan fingerprint density at radius 2 is 2.10 bits per heavy atom. The van der Waals surface area contributed by atoms with Gasteiger partial charge in [0.05, 0.1) is 10.0 Å². The van der Waals surface area contributed by atoms with E-state index in [-0.39, 0.29) is 6.10 Å². The summed E-state index contributed by atoms with van der Waals surface area (Å²) in [5, 5.41) is 1.11. The van der Waals surface area contributed by atoms with Gasteiger partial charge in [0.25, 0.3) is 0 Å². The third-order valence-corrected chi connectivity index (χ3v) is 4.26. The highest BCUT2D eigenvalue weighted by molar-refractivity contribution is 6.42. The Hall–Kier alpha value is -0.480. The van der Waals surface area contributed by atoms with Gasteiger partial charge >= 0.3 is 0 Å². The molecule has 20 heavy (non-hydrogen) atoms. The number of benzene rings is 1. The fourth-order valence-corrected chi connectivity index (χ4v) is 2.68. The van der Waals surface area contributed by atoms with Crippen LogP contribution in [0.1, 0.15) is 12.8 Å². The number of likely N-dealkylation sites (N-methyl/N-ethyl adjacent to an activating group) is 1. The molecule has 1 aromatic rings. The van der Waals surface area contributed by atoms with E-state index in [1.807, 2.05) is 6.07 Å². The van der Waals surface area contributed by atoms with E-state index in [1.54, 1.807) is 12.1 Å². The molecule has 1 saturated heterocycles. The molecule has 112 valence electrons. The molecule has 1 aliphatic heterocycles. The molecule has 1 heterocycles. The van der Waals surface area contributed by atoms with E-state index in [2.05, 4.69) is 23.9 Å². The summed E-state index contributed by atoms with van der Waals surface area (Å²) in [4.78, 5) is 4.68. The second-order valence-electron chi connectivity index (χ2n) is 5.56. The number of ether oxygens (including phenoxy) is 1. The Morgan fingerprint density at radius 3 is 2.80 bits per heavy atom. The Balaban J connectivity index is 1.87. The number of hydrogen-bond donors (Lipinski definition) is 0. The van der Waals surface area contributed by atoms with Crippen molar-refractivity contribution in [3.63, 3.8) is 0 Å². The molecule has 0 aliphatic carbocycles. The zero-order valence-corrected chi connectivity index (χ0v) is 13.6. The van der Waals surface area contributed by atoms with E-state index < -0.39 is 0 Å². The molecule has 1 fully saturated rings. The lowest BCUT2D eigenvalue weighted by atomic mass is 10.1. The summed E-state index contributed by atoms with van der Waals surface area (Å²) in [6, 6.07) is 5.46. The van der Waals surface area contributed by atoms with Crippen molar-refractivity contribution in [3.8, 4) is 5.75 Å². The second kappa shape index (κ2) is 7.51. The SMILES string of the molecule is CN(C)CCN1CCCC(Oc2ccc(Cl)c(Cl)c2)C1. The van der Waals surface area contributed by atoms with Crippen LogP contribution in [0.3, 0.4) is 0 Å². The minimum atomic E-state index is 0.239. The zero-order valence-electron chi connectivity index (χ0n) is 12.1. The summed E-state index contributed by atoms with van der Waals surface area (Å²) in [7, 11) is 4.21. The van der Waals surface area contributed by atoms with Crippen LogP contribution in [0.5, 0.6) is 5.75 Å². The number of halogens is 2. The molecular formula is C15H22Cl2N2O. The molecule has 1 aromatic carbocycles. The predicted octanol–water partition coefficient (Wildman–Crippen LogP) is 3.40. The first-order valence-corrected chi connectivity index (χ1v) is 7.79. The minimum Gasteiger partial charge on any atom is -0.489 e. The molecule has 0 amide bonds. The third kappa shape index (κ3) is 4.81. The third-order valence-electron chi connectivity index (χ3n) is 3.52. The Bertz CT molecular complexity index is 440. The molecule has 1 atom stereocenters. The maximum absolute atomic E-state index is 6.03. The summed E-state index contributed by atoms with van der Waals surface area (Å²) in [5.74, 6) is 0.804. The molecule has 0 spiro atoms. The van der Waals surface area contributed by atoms with Crippen molar-refractivity contribution in [2.75, 3.05) is 40.3 Å². The van der Waals surface area contributed by atoms with E-state index in [0.29, 0.717) is 10.0 Å². The average Bonchev–Trinajstić information content (AvgIpc) is 2.41. The van der Waals surface area contributed by atoms with Crippen molar-refractivity contribution < 1.29 is 4.74 Å². The zero-order chi connectivity index (χ0) is 14.5. The fourth-order valence-electron chi connectivity index (χ4n) is 2.40. The quantitative estimate of drug-likeness (QED) is 0.828. The monoisotopic (exact) mass is 316 g/mol. The first-order chi connectivity index (χ1) is 9.54. The standard InChI is InChI=1S/C15H22Cl2N2O/c1-18(2)8-9-19-7-3-4-13(11-19)20-12-5-6-14(16)15(17)10-12/h5-6,10,13H,3-4,7-9,11H2,1-2H3. The van der Waals surface area contributed by atoms with Gasteiger partial charge in [-0.05, 0) is 45.6 Å². The molecular weight excluding hydrogens is 295 g/mol. The van der Waals surface area contributed by atoms with Crippen molar-refractivity contribution >= 4 is 23.2 Å². The first-order valence-electron chi connectivity index (χ1n) is 7.03. The van der Waals surface area contributed by atoms with Gasteiger partial charge in [0.2, 0.25) is 0 Å².